The minimum absolute atomic E-state index is 0.492. The number of hydrogen-bond donors (Lipinski definition) is 1. The average molecular weight is 202 g/mol. The van der Waals surface area contributed by atoms with Gasteiger partial charge in [0.05, 0.1) is 0 Å². The zero-order valence-electron chi connectivity index (χ0n) is 8.95. The number of fused-ring (bicyclic) bond motifs is 1. The number of aromatic nitrogens is 1. The molecule has 0 amide bonds. The van der Waals surface area contributed by atoms with Crippen molar-refractivity contribution in [3.63, 3.8) is 0 Å². The van der Waals surface area contributed by atoms with Crippen LogP contribution in [0.2, 0.25) is 0 Å². The number of rotatable bonds is 1. The molecule has 1 saturated heterocycles. The molecule has 0 spiro atoms. The molecule has 3 heteroatoms. The molecule has 0 bridgehead atoms. The van der Waals surface area contributed by atoms with Crippen LogP contribution >= 0.6 is 0 Å². The highest BCUT2D eigenvalue weighted by atomic mass is 16.3. The summed E-state index contributed by atoms with van der Waals surface area (Å²) in [6.07, 6.45) is 0. The average Bonchev–Trinajstić information content (AvgIpc) is 2.55. The van der Waals surface area contributed by atoms with Gasteiger partial charge in [0.1, 0.15) is 5.52 Å². The Labute approximate surface area is 88.5 Å². The Morgan fingerprint density at radius 2 is 2.33 bits per heavy atom. The highest BCUT2D eigenvalue weighted by Gasteiger charge is 2.27. The van der Waals surface area contributed by atoms with E-state index >= 15 is 0 Å². The van der Waals surface area contributed by atoms with E-state index in [-0.39, 0.29) is 0 Å². The summed E-state index contributed by atoms with van der Waals surface area (Å²) >= 11 is 0. The smallest absolute Gasteiger partial charge is 0.192 e. The molecule has 2 aromatic rings. The summed E-state index contributed by atoms with van der Waals surface area (Å²) in [6, 6.07) is 6.75. The lowest BCUT2D eigenvalue weighted by Crippen LogP contribution is -2.43. The summed E-state index contributed by atoms with van der Waals surface area (Å²) in [6.45, 7) is 5.25. The third kappa shape index (κ3) is 1.35. The number of benzene rings is 1. The summed E-state index contributed by atoms with van der Waals surface area (Å²) < 4.78 is 5.45. The quantitative estimate of drug-likeness (QED) is 0.771. The lowest BCUT2D eigenvalue weighted by atomic mass is 9.88. The van der Waals surface area contributed by atoms with E-state index in [2.05, 4.69) is 29.4 Å². The molecule has 0 saturated carbocycles. The van der Waals surface area contributed by atoms with Gasteiger partial charge in [-0.1, -0.05) is 13.0 Å². The molecule has 1 N–H and O–H groups in total. The van der Waals surface area contributed by atoms with E-state index in [4.69, 9.17) is 4.42 Å². The lowest BCUT2D eigenvalue weighted by molar-refractivity contribution is 0.258. The molecular weight excluding hydrogens is 188 g/mol. The zero-order valence-corrected chi connectivity index (χ0v) is 8.95. The predicted molar refractivity (Wildman–Crippen MR) is 58.7 cm³/mol. The first-order valence-electron chi connectivity index (χ1n) is 5.34. The maximum Gasteiger partial charge on any atom is 0.192 e. The van der Waals surface area contributed by atoms with Gasteiger partial charge in [-0.3, -0.25) is 0 Å². The Hall–Kier alpha value is -1.35. The summed E-state index contributed by atoms with van der Waals surface area (Å²) in [5, 5.41) is 3.42. The number of oxazole rings is 1. The van der Waals surface area contributed by atoms with E-state index in [9.17, 15) is 0 Å². The second kappa shape index (κ2) is 3.07. The van der Waals surface area contributed by atoms with Crippen LogP contribution < -0.4 is 5.32 Å². The summed E-state index contributed by atoms with van der Waals surface area (Å²) in [5.74, 6) is 1.45. The molecule has 3 nitrogen and oxygen atoms in total. The van der Waals surface area contributed by atoms with Gasteiger partial charge < -0.3 is 9.73 Å². The maximum absolute atomic E-state index is 5.45. The SMILES string of the molecule is Cc1nc2cc(C3NCC3C)ccc2o1. The maximum atomic E-state index is 5.45. The molecule has 15 heavy (non-hydrogen) atoms. The second-order valence-corrected chi connectivity index (χ2v) is 4.32. The van der Waals surface area contributed by atoms with Crippen molar-refractivity contribution in [1.82, 2.24) is 10.3 Å². The van der Waals surface area contributed by atoms with Crippen LogP contribution in [0.5, 0.6) is 0 Å². The molecule has 1 aliphatic rings. The normalized spacial score (nSPS) is 25.5. The van der Waals surface area contributed by atoms with Crippen LogP contribution in [0.3, 0.4) is 0 Å². The monoisotopic (exact) mass is 202 g/mol. The van der Waals surface area contributed by atoms with E-state index in [1.165, 1.54) is 5.56 Å². The topological polar surface area (TPSA) is 38.1 Å². The van der Waals surface area contributed by atoms with Crippen molar-refractivity contribution in [2.24, 2.45) is 5.92 Å². The van der Waals surface area contributed by atoms with Gasteiger partial charge in [-0.15, -0.1) is 0 Å². The van der Waals surface area contributed by atoms with Crippen molar-refractivity contribution in [1.29, 1.82) is 0 Å². The Balaban J connectivity index is 2.05. The van der Waals surface area contributed by atoms with Gasteiger partial charge in [0, 0.05) is 19.5 Å². The summed E-state index contributed by atoms with van der Waals surface area (Å²) in [5.41, 5.74) is 3.16. The number of nitrogens with one attached hydrogen (secondary N) is 1. The van der Waals surface area contributed by atoms with Gasteiger partial charge >= 0.3 is 0 Å². The highest BCUT2D eigenvalue weighted by Crippen LogP contribution is 2.30. The van der Waals surface area contributed by atoms with Gasteiger partial charge in [0.2, 0.25) is 0 Å². The molecule has 0 aliphatic carbocycles. The fraction of sp³-hybridized carbons (Fsp3) is 0.417. The zero-order chi connectivity index (χ0) is 10.4. The van der Waals surface area contributed by atoms with E-state index in [1.807, 2.05) is 13.0 Å². The molecule has 0 radical (unpaired) electrons. The van der Waals surface area contributed by atoms with Crippen LogP contribution in [-0.2, 0) is 0 Å². The van der Waals surface area contributed by atoms with E-state index < -0.39 is 0 Å². The molecule has 3 rings (SSSR count). The van der Waals surface area contributed by atoms with Crippen LogP contribution in [0, 0.1) is 12.8 Å². The third-order valence-corrected chi connectivity index (χ3v) is 3.11. The van der Waals surface area contributed by atoms with Gasteiger partial charge in [0.25, 0.3) is 0 Å². The van der Waals surface area contributed by atoms with Crippen molar-refractivity contribution in [2.45, 2.75) is 19.9 Å². The van der Waals surface area contributed by atoms with Crippen molar-refractivity contribution in [2.75, 3.05) is 6.54 Å². The lowest BCUT2D eigenvalue weighted by Gasteiger charge is -2.35. The highest BCUT2D eigenvalue weighted by molar-refractivity contribution is 5.73. The molecule has 78 valence electrons. The van der Waals surface area contributed by atoms with Gasteiger partial charge in [-0.05, 0) is 23.6 Å². The first-order chi connectivity index (χ1) is 7.24. The first kappa shape index (κ1) is 8.92. The Morgan fingerprint density at radius 1 is 1.47 bits per heavy atom. The van der Waals surface area contributed by atoms with Crippen LogP contribution in [-0.4, -0.2) is 11.5 Å². The minimum Gasteiger partial charge on any atom is -0.441 e. The largest absolute Gasteiger partial charge is 0.441 e. The number of aryl methyl sites for hydroxylation is 1. The number of hydrogen-bond acceptors (Lipinski definition) is 3. The standard InChI is InChI=1S/C12H14N2O/c1-7-6-13-12(7)9-3-4-11-10(5-9)14-8(2)15-11/h3-5,7,12-13H,6H2,1-2H3. The van der Waals surface area contributed by atoms with Crippen LogP contribution in [0.15, 0.2) is 22.6 Å². The minimum atomic E-state index is 0.492. The predicted octanol–water partition coefficient (Wildman–Crippen LogP) is 2.42. The van der Waals surface area contributed by atoms with Gasteiger partial charge in [0.15, 0.2) is 11.5 Å². The van der Waals surface area contributed by atoms with Gasteiger partial charge in [-0.2, -0.15) is 0 Å². The van der Waals surface area contributed by atoms with Crippen LogP contribution in [0.4, 0.5) is 0 Å². The molecule has 1 aliphatic heterocycles. The molecule has 1 aromatic heterocycles. The summed E-state index contributed by atoms with van der Waals surface area (Å²) in [4.78, 5) is 4.35. The molecule has 2 atom stereocenters. The van der Waals surface area contributed by atoms with Crippen molar-refractivity contribution < 1.29 is 4.42 Å². The molecule has 1 aromatic carbocycles. The molecule has 2 unspecified atom stereocenters. The van der Waals surface area contributed by atoms with E-state index in [0.717, 1.165) is 29.5 Å². The Morgan fingerprint density at radius 3 is 3.00 bits per heavy atom. The first-order valence-corrected chi connectivity index (χ1v) is 5.34. The van der Waals surface area contributed by atoms with Gasteiger partial charge in [-0.25, -0.2) is 4.98 Å². The van der Waals surface area contributed by atoms with E-state index in [0.29, 0.717) is 6.04 Å². The molecule has 1 fully saturated rings. The number of nitrogens with zero attached hydrogens (tertiary/aromatic N) is 1. The Bertz CT molecular complexity index is 503. The van der Waals surface area contributed by atoms with Crippen molar-refractivity contribution in [3.8, 4) is 0 Å². The fourth-order valence-electron chi connectivity index (χ4n) is 2.17. The Kier molecular flexibility index (Phi) is 1.83. The summed E-state index contributed by atoms with van der Waals surface area (Å²) in [7, 11) is 0. The third-order valence-electron chi connectivity index (χ3n) is 3.11. The van der Waals surface area contributed by atoms with E-state index in [1.54, 1.807) is 0 Å². The molecular formula is C12H14N2O. The molecule has 2 heterocycles. The fourth-order valence-corrected chi connectivity index (χ4v) is 2.17. The second-order valence-electron chi connectivity index (χ2n) is 4.32. The van der Waals surface area contributed by atoms with Crippen LogP contribution in [0.1, 0.15) is 24.4 Å². The van der Waals surface area contributed by atoms with Crippen molar-refractivity contribution in [3.05, 3.63) is 29.7 Å². The van der Waals surface area contributed by atoms with Crippen LogP contribution in [0.25, 0.3) is 11.1 Å². The van der Waals surface area contributed by atoms with Crippen molar-refractivity contribution >= 4 is 11.1 Å².